The molecule has 5 aliphatic rings. The molecule has 3 saturated carbocycles. The zero-order chi connectivity index (χ0) is 30.8. The third kappa shape index (κ3) is 3.33. The topological polar surface area (TPSA) is 162 Å². The molecule has 1 spiro atoms. The summed E-state index contributed by atoms with van der Waals surface area (Å²) >= 11 is 0. The van der Waals surface area contributed by atoms with Crippen molar-refractivity contribution in [1.29, 1.82) is 0 Å². The summed E-state index contributed by atoms with van der Waals surface area (Å²) in [5.41, 5.74) is -6.22. The zero-order valence-electron chi connectivity index (χ0n) is 25.0. The lowest BCUT2D eigenvalue weighted by atomic mass is 9.36. The van der Waals surface area contributed by atoms with Crippen molar-refractivity contribution in [3.05, 3.63) is 24.2 Å². The van der Waals surface area contributed by atoms with Gasteiger partial charge in [-0.15, -0.1) is 0 Å². The number of hydrogen-bond acceptors (Lipinski definition) is 11. The lowest BCUT2D eigenvalue weighted by Gasteiger charge is -2.67. The number of carbonyl (C=O) groups is 4. The van der Waals surface area contributed by atoms with Crippen molar-refractivity contribution in [2.45, 2.75) is 96.4 Å². The van der Waals surface area contributed by atoms with E-state index in [4.69, 9.17) is 23.4 Å². The van der Waals surface area contributed by atoms with Crippen molar-refractivity contribution in [1.82, 2.24) is 0 Å². The van der Waals surface area contributed by atoms with E-state index in [-0.39, 0.29) is 6.42 Å². The van der Waals surface area contributed by atoms with Crippen LogP contribution in [0.15, 0.2) is 23.0 Å². The van der Waals surface area contributed by atoms with Crippen LogP contribution in [0, 0.1) is 39.9 Å². The first-order chi connectivity index (χ1) is 19.5. The molecule has 2 bridgehead atoms. The molecule has 230 valence electrons. The van der Waals surface area contributed by atoms with Gasteiger partial charge < -0.3 is 33.6 Å². The number of carbonyl (C=O) groups excluding carboxylic acids is 4. The predicted octanol–water partition coefficient (Wildman–Crippen LogP) is 2.52. The first-order valence-electron chi connectivity index (χ1n) is 14.7. The Kier molecular flexibility index (Phi) is 6.20. The van der Waals surface area contributed by atoms with E-state index in [2.05, 4.69) is 0 Å². The first kappa shape index (κ1) is 29.3. The van der Waals surface area contributed by atoms with Gasteiger partial charge in [-0.3, -0.25) is 14.4 Å². The van der Waals surface area contributed by atoms with E-state index in [1.807, 2.05) is 6.92 Å². The number of aliphatic hydroxyl groups is 2. The standard InChI is InChI=1S/C31H40O11/c1-14(2)22(34)41-25-27(3,4)20(19(33)23(35)38-7)29(6)16-8-10-28(5)17(31(16)26(42-31)30(25,37)24(29)36)12-18(32)40-21(28)15-9-11-39-13-15/h9,11,13-14,16-17,19-21,25-26,33,37H,8,10,12H2,1-7H3/t16?,17-,19-,20+,21+,25+,26-,28-,29-,30+,31-/m1/s1. The van der Waals surface area contributed by atoms with Crippen LogP contribution in [0.25, 0.3) is 0 Å². The Morgan fingerprint density at radius 1 is 1.10 bits per heavy atom. The first-order valence-corrected chi connectivity index (χ1v) is 14.7. The summed E-state index contributed by atoms with van der Waals surface area (Å²) in [6.45, 7) is 10.3. The maximum Gasteiger partial charge on any atom is 0.335 e. The third-order valence-corrected chi connectivity index (χ3v) is 11.6. The number of methoxy groups -OCH3 is 1. The smallest absolute Gasteiger partial charge is 0.335 e. The number of fused-ring (bicyclic) bond motifs is 5. The second-order valence-electron chi connectivity index (χ2n) is 14.3. The number of furan rings is 1. The molecular formula is C31H40O11. The average Bonchev–Trinajstić information content (AvgIpc) is 3.41. The molecule has 11 atom stereocenters. The number of aliphatic hydroxyl groups excluding tert-OH is 1. The Hall–Kier alpha value is -2.76. The van der Waals surface area contributed by atoms with Gasteiger partial charge in [0.2, 0.25) is 0 Å². The molecule has 0 radical (unpaired) electrons. The van der Waals surface area contributed by atoms with Crippen molar-refractivity contribution in [3.8, 4) is 0 Å². The van der Waals surface area contributed by atoms with Gasteiger partial charge in [-0.2, -0.15) is 0 Å². The number of rotatable bonds is 5. The largest absolute Gasteiger partial charge is 0.472 e. The minimum Gasteiger partial charge on any atom is -0.472 e. The predicted molar refractivity (Wildman–Crippen MR) is 142 cm³/mol. The molecular weight excluding hydrogens is 548 g/mol. The molecule has 0 amide bonds. The van der Waals surface area contributed by atoms with Crippen LogP contribution in [-0.4, -0.2) is 70.5 Å². The van der Waals surface area contributed by atoms with Gasteiger partial charge in [0, 0.05) is 39.6 Å². The summed E-state index contributed by atoms with van der Waals surface area (Å²) < 4.78 is 28.6. The highest BCUT2D eigenvalue weighted by Crippen LogP contribution is 2.78. The van der Waals surface area contributed by atoms with Crippen LogP contribution in [0.5, 0.6) is 0 Å². The molecule has 11 heteroatoms. The van der Waals surface area contributed by atoms with E-state index in [1.54, 1.807) is 46.9 Å². The van der Waals surface area contributed by atoms with Crippen LogP contribution < -0.4 is 0 Å². The van der Waals surface area contributed by atoms with Crippen molar-refractivity contribution >= 4 is 23.7 Å². The van der Waals surface area contributed by atoms with E-state index in [0.717, 1.165) is 7.11 Å². The van der Waals surface area contributed by atoms with Gasteiger partial charge in [0.15, 0.2) is 17.5 Å². The lowest BCUT2D eigenvalue weighted by molar-refractivity contribution is -0.261. The summed E-state index contributed by atoms with van der Waals surface area (Å²) in [6.07, 6.45) is -0.922. The molecule has 0 aromatic carbocycles. The number of cyclic esters (lactones) is 1. The maximum absolute atomic E-state index is 14.7. The molecule has 2 aliphatic heterocycles. The van der Waals surface area contributed by atoms with E-state index >= 15 is 0 Å². The molecule has 6 rings (SSSR count). The molecule has 3 heterocycles. The van der Waals surface area contributed by atoms with Crippen molar-refractivity contribution < 1.29 is 52.8 Å². The second-order valence-corrected chi connectivity index (χ2v) is 14.3. The van der Waals surface area contributed by atoms with Crippen LogP contribution in [-0.2, 0) is 38.1 Å². The van der Waals surface area contributed by atoms with Crippen LogP contribution in [0.2, 0.25) is 0 Å². The van der Waals surface area contributed by atoms with Gasteiger partial charge in [-0.1, -0.05) is 41.5 Å². The van der Waals surface area contributed by atoms with Gasteiger partial charge in [0.05, 0.1) is 32.0 Å². The second kappa shape index (κ2) is 8.89. The maximum atomic E-state index is 14.7. The van der Waals surface area contributed by atoms with Gasteiger partial charge in [0.25, 0.3) is 0 Å². The molecule has 11 nitrogen and oxygen atoms in total. The fraction of sp³-hybridized carbons (Fsp3) is 0.742. The minimum atomic E-state index is -2.30. The molecule has 42 heavy (non-hydrogen) atoms. The van der Waals surface area contributed by atoms with E-state index in [1.165, 1.54) is 6.26 Å². The fourth-order valence-corrected chi connectivity index (χ4v) is 9.89. The summed E-state index contributed by atoms with van der Waals surface area (Å²) in [4.78, 5) is 53.8. The Labute approximate surface area is 244 Å². The van der Waals surface area contributed by atoms with E-state index < -0.39 is 99.2 Å². The summed E-state index contributed by atoms with van der Waals surface area (Å²) in [6, 6.07) is 1.75. The zero-order valence-corrected chi connectivity index (χ0v) is 25.0. The highest BCUT2D eigenvalue weighted by atomic mass is 16.6. The van der Waals surface area contributed by atoms with Crippen molar-refractivity contribution in [2.75, 3.05) is 7.11 Å². The number of ketones is 1. The normalized spacial score (nSPS) is 45.6. The van der Waals surface area contributed by atoms with Gasteiger partial charge in [-0.25, -0.2) is 4.79 Å². The molecule has 2 N–H and O–H groups in total. The SMILES string of the molecule is COC(=O)[C@H](O)[C@H]1C(C)(C)[C@H](OC(=O)C(C)C)[C@@]2(O)C(=O)[C@]1(C)C1CC[C@]3(C)[C@@H](CC(=O)O[C@H]3c3ccoc3)[C@]13O[C@H]23. The molecule has 3 aliphatic carbocycles. The summed E-state index contributed by atoms with van der Waals surface area (Å²) in [5, 5.41) is 24.1. The Morgan fingerprint density at radius 2 is 1.79 bits per heavy atom. The Morgan fingerprint density at radius 3 is 2.38 bits per heavy atom. The highest BCUT2D eigenvalue weighted by molar-refractivity contribution is 5.99. The monoisotopic (exact) mass is 588 g/mol. The third-order valence-electron chi connectivity index (χ3n) is 11.6. The lowest BCUT2D eigenvalue weighted by Crippen LogP contribution is -2.81. The molecule has 5 fully saturated rings. The molecule has 1 aromatic heterocycles. The van der Waals surface area contributed by atoms with Crippen LogP contribution in [0.4, 0.5) is 0 Å². The van der Waals surface area contributed by atoms with Crippen LogP contribution >= 0.6 is 0 Å². The van der Waals surface area contributed by atoms with Crippen molar-refractivity contribution in [3.63, 3.8) is 0 Å². The Bertz CT molecular complexity index is 1330. The summed E-state index contributed by atoms with van der Waals surface area (Å²) in [7, 11) is 1.15. The Balaban J connectivity index is 1.55. The number of hydrogen-bond donors (Lipinski definition) is 2. The highest BCUT2D eigenvalue weighted by Gasteiger charge is 2.91. The van der Waals surface area contributed by atoms with E-state index in [0.29, 0.717) is 18.4 Å². The van der Waals surface area contributed by atoms with Crippen LogP contribution in [0.3, 0.4) is 0 Å². The number of epoxide rings is 1. The minimum absolute atomic E-state index is 0.0116. The summed E-state index contributed by atoms with van der Waals surface area (Å²) in [5.74, 6) is -5.42. The fourth-order valence-electron chi connectivity index (χ4n) is 9.89. The van der Waals surface area contributed by atoms with Crippen molar-refractivity contribution in [2.24, 2.45) is 39.9 Å². The van der Waals surface area contributed by atoms with Gasteiger partial charge in [-0.05, 0) is 18.9 Å². The van der Waals surface area contributed by atoms with Crippen LogP contribution in [0.1, 0.15) is 72.5 Å². The quantitative estimate of drug-likeness (QED) is 0.295. The number of Topliss-reactive ketones (excluding diaryl/α,β-unsaturated/α-hetero) is 1. The van der Waals surface area contributed by atoms with Gasteiger partial charge >= 0.3 is 17.9 Å². The van der Waals surface area contributed by atoms with E-state index in [9.17, 15) is 29.4 Å². The average molecular weight is 589 g/mol. The molecule has 1 unspecified atom stereocenters. The molecule has 1 aromatic rings. The number of esters is 3. The number of ether oxygens (including phenoxy) is 4. The van der Waals surface area contributed by atoms with Gasteiger partial charge in [0.1, 0.15) is 23.9 Å². The molecule has 2 saturated heterocycles.